The van der Waals surface area contributed by atoms with Crippen LogP contribution in [-0.4, -0.2) is 67.9 Å². The van der Waals surface area contributed by atoms with Crippen LogP contribution in [0.3, 0.4) is 0 Å². The van der Waals surface area contributed by atoms with Crippen molar-refractivity contribution in [2.45, 2.75) is 70.4 Å². The lowest BCUT2D eigenvalue weighted by atomic mass is 9.96. The zero-order valence-corrected chi connectivity index (χ0v) is 16.2. The minimum Gasteiger partial charge on any atom is -0.393 e. The summed E-state index contributed by atoms with van der Waals surface area (Å²) < 4.78 is 2.12. The molecule has 26 heavy (non-hydrogen) atoms. The lowest BCUT2D eigenvalue weighted by Crippen LogP contribution is -2.39. The summed E-state index contributed by atoms with van der Waals surface area (Å²) in [5.74, 6) is 2.55. The Morgan fingerprint density at radius 3 is 2.69 bits per heavy atom. The Bertz CT molecular complexity index is 595. The van der Waals surface area contributed by atoms with Crippen LogP contribution in [0.25, 0.3) is 0 Å². The van der Waals surface area contributed by atoms with Gasteiger partial charge in [-0.15, -0.1) is 10.2 Å². The number of piperidine rings is 2. The third-order valence-electron chi connectivity index (χ3n) is 5.80. The summed E-state index contributed by atoms with van der Waals surface area (Å²) in [4.78, 5) is 16.7. The average molecular weight is 364 g/mol. The number of aliphatic hydroxyl groups excluding tert-OH is 1. The van der Waals surface area contributed by atoms with Gasteiger partial charge in [0, 0.05) is 45.6 Å². The van der Waals surface area contributed by atoms with Crippen molar-refractivity contribution in [2.24, 2.45) is 7.05 Å². The van der Waals surface area contributed by atoms with E-state index in [4.69, 9.17) is 0 Å². The van der Waals surface area contributed by atoms with Crippen molar-refractivity contribution in [1.82, 2.24) is 24.6 Å². The first kappa shape index (κ1) is 19.3. The third kappa shape index (κ3) is 4.62. The van der Waals surface area contributed by atoms with Gasteiger partial charge in [0.05, 0.1) is 12.6 Å². The number of rotatable bonds is 6. The molecule has 0 unspecified atom stereocenters. The number of amides is 1. The predicted octanol–water partition coefficient (Wildman–Crippen LogP) is 1.67. The van der Waals surface area contributed by atoms with E-state index >= 15 is 0 Å². The molecular formula is C19H33N5O2. The number of aliphatic hydroxyl groups is 1. The van der Waals surface area contributed by atoms with E-state index in [1.165, 1.54) is 0 Å². The lowest BCUT2D eigenvalue weighted by Gasteiger charge is -2.32. The summed E-state index contributed by atoms with van der Waals surface area (Å²) in [7, 11) is 2.04. The highest BCUT2D eigenvalue weighted by Crippen LogP contribution is 2.26. The molecule has 0 saturated carbocycles. The second-order valence-corrected chi connectivity index (χ2v) is 7.82. The van der Waals surface area contributed by atoms with E-state index in [1.807, 2.05) is 11.9 Å². The van der Waals surface area contributed by atoms with Crippen molar-refractivity contribution in [3.63, 3.8) is 0 Å². The molecule has 2 fully saturated rings. The van der Waals surface area contributed by atoms with E-state index in [0.717, 1.165) is 82.9 Å². The van der Waals surface area contributed by atoms with Gasteiger partial charge in [0.25, 0.3) is 0 Å². The number of carbonyl (C=O) groups is 1. The molecule has 3 rings (SSSR count). The van der Waals surface area contributed by atoms with Crippen LogP contribution in [-0.2, 0) is 18.4 Å². The monoisotopic (exact) mass is 363 g/mol. The van der Waals surface area contributed by atoms with Gasteiger partial charge in [-0.2, -0.15) is 0 Å². The van der Waals surface area contributed by atoms with Gasteiger partial charge >= 0.3 is 0 Å². The average Bonchev–Trinajstić information content (AvgIpc) is 3.02. The fourth-order valence-electron chi connectivity index (χ4n) is 4.05. The van der Waals surface area contributed by atoms with E-state index in [2.05, 4.69) is 26.6 Å². The number of nitrogens with zero attached hydrogens (tertiary/aromatic N) is 5. The molecule has 0 bridgehead atoms. The maximum Gasteiger partial charge on any atom is 0.222 e. The lowest BCUT2D eigenvalue weighted by molar-refractivity contribution is -0.132. The Balaban J connectivity index is 1.60. The zero-order chi connectivity index (χ0) is 18.5. The van der Waals surface area contributed by atoms with E-state index < -0.39 is 0 Å². The summed E-state index contributed by atoms with van der Waals surface area (Å²) >= 11 is 0. The normalized spacial score (nSPS) is 22.7. The molecule has 1 aromatic rings. The minimum atomic E-state index is -0.153. The molecule has 0 radical (unpaired) electrons. The molecule has 7 nitrogen and oxygen atoms in total. The van der Waals surface area contributed by atoms with Gasteiger partial charge in [-0.05, 0) is 32.1 Å². The van der Waals surface area contributed by atoms with Crippen LogP contribution in [0.15, 0.2) is 0 Å². The Hall–Kier alpha value is -1.47. The van der Waals surface area contributed by atoms with Crippen molar-refractivity contribution in [1.29, 1.82) is 0 Å². The fourth-order valence-corrected chi connectivity index (χ4v) is 4.05. The smallest absolute Gasteiger partial charge is 0.222 e. The molecule has 3 heterocycles. The predicted molar refractivity (Wildman–Crippen MR) is 99.6 cm³/mol. The second-order valence-electron chi connectivity index (χ2n) is 7.82. The summed E-state index contributed by atoms with van der Waals surface area (Å²) in [6, 6.07) is 0. The molecule has 2 aliphatic rings. The van der Waals surface area contributed by atoms with Gasteiger partial charge in [-0.25, -0.2) is 0 Å². The number of aromatic nitrogens is 3. The maximum atomic E-state index is 12.4. The highest BCUT2D eigenvalue weighted by atomic mass is 16.3. The van der Waals surface area contributed by atoms with Crippen LogP contribution in [0, 0.1) is 0 Å². The van der Waals surface area contributed by atoms with Crippen LogP contribution in [0.5, 0.6) is 0 Å². The van der Waals surface area contributed by atoms with Crippen molar-refractivity contribution in [3.05, 3.63) is 11.6 Å². The molecular weight excluding hydrogens is 330 g/mol. The summed E-state index contributed by atoms with van der Waals surface area (Å²) in [6.07, 6.45) is 6.31. The molecule has 1 atom stereocenters. The van der Waals surface area contributed by atoms with Crippen molar-refractivity contribution < 1.29 is 9.90 Å². The van der Waals surface area contributed by atoms with E-state index in [0.29, 0.717) is 6.42 Å². The number of unbranched alkanes of at least 4 members (excludes halogenated alkanes) is 1. The van der Waals surface area contributed by atoms with E-state index in [-0.39, 0.29) is 17.9 Å². The highest BCUT2D eigenvalue weighted by molar-refractivity contribution is 5.76. The molecule has 1 aromatic heterocycles. The summed E-state index contributed by atoms with van der Waals surface area (Å²) in [6.45, 7) is 6.36. The third-order valence-corrected chi connectivity index (χ3v) is 5.80. The number of hydrogen-bond acceptors (Lipinski definition) is 5. The van der Waals surface area contributed by atoms with Gasteiger partial charge in [-0.3, -0.25) is 9.69 Å². The minimum absolute atomic E-state index is 0.153. The zero-order valence-electron chi connectivity index (χ0n) is 16.2. The molecule has 146 valence electrons. The first-order chi connectivity index (χ1) is 12.6. The Morgan fingerprint density at radius 2 is 1.96 bits per heavy atom. The second kappa shape index (κ2) is 8.95. The van der Waals surface area contributed by atoms with Gasteiger partial charge in [0.1, 0.15) is 11.6 Å². The van der Waals surface area contributed by atoms with Crippen LogP contribution in [0.1, 0.15) is 69.4 Å². The topological polar surface area (TPSA) is 74.5 Å². The molecule has 0 aliphatic carbocycles. The Kier molecular flexibility index (Phi) is 6.64. The van der Waals surface area contributed by atoms with E-state index in [1.54, 1.807) is 0 Å². The Morgan fingerprint density at radius 1 is 1.19 bits per heavy atom. The highest BCUT2D eigenvalue weighted by Gasteiger charge is 2.28. The molecule has 7 heteroatoms. The molecule has 0 spiro atoms. The number of hydrogen-bond donors (Lipinski definition) is 1. The van der Waals surface area contributed by atoms with Crippen molar-refractivity contribution >= 4 is 5.91 Å². The molecule has 2 aliphatic heterocycles. The number of likely N-dealkylation sites (tertiary alicyclic amines) is 2. The number of carbonyl (C=O) groups excluding carboxylic acids is 1. The first-order valence-electron chi connectivity index (χ1n) is 10.1. The molecule has 1 N–H and O–H groups in total. The van der Waals surface area contributed by atoms with Gasteiger partial charge < -0.3 is 14.6 Å². The fraction of sp³-hybridized carbons (Fsp3) is 0.842. The van der Waals surface area contributed by atoms with Crippen molar-refractivity contribution in [2.75, 3.05) is 26.2 Å². The first-order valence-corrected chi connectivity index (χ1v) is 10.1. The largest absolute Gasteiger partial charge is 0.393 e. The van der Waals surface area contributed by atoms with Gasteiger partial charge in [0.15, 0.2) is 0 Å². The summed E-state index contributed by atoms with van der Waals surface area (Å²) in [5, 5.41) is 18.6. The van der Waals surface area contributed by atoms with Crippen LogP contribution < -0.4 is 0 Å². The molecule has 0 aromatic carbocycles. The quantitative estimate of drug-likeness (QED) is 0.832. The summed E-state index contributed by atoms with van der Waals surface area (Å²) in [5.41, 5.74) is 0. The Labute approximate surface area is 156 Å². The van der Waals surface area contributed by atoms with Crippen molar-refractivity contribution in [3.8, 4) is 0 Å². The maximum absolute atomic E-state index is 12.4. The van der Waals surface area contributed by atoms with Gasteiger partial charge in [-0.1, -0.05) is 13.3 Å². The molecule has 2 saturated heterocycles. The van der Waals surface area contributed by atoms with Crippen LogP contribution in [0.4, 0.5) is 0 Å². The van der Waals surface area contributed by atoms with Crippen LogP contribution in [0.2, 0.25) is 0 Å². The van der Waals surface area contributed by atoms with Gasteiger partial charge in [0.2, 0.25) is 5.91 Å². The SMILES string of the molecule is CCCCC(=O)N1CCC[C@H](c2nnc(CN3CCC(O)CC3)n2C)C1. The van der Waals surface area contributed by atoms with Crippen LogP contribution >= 0.6 is 0 Å². The van der Waals surface area contributed by atoms with E-state index in [9.17, 15) is 9.90 Å². The molecule has 1 amide bonds. The standard InChI is InChI=1S/C19H33N5O2/c1-3-4-7-18(26)24-10-5-6-15(13-24)19-21-20-17(22(19)2)14-23-11-8-16(25)9-12-23/h15-16,25H,3-14H2,1-2H3/t15-/m0/s1.